The second-order valence-corrected chi connectivity index (χ2v) is 6.81. The summed E-state index contributed by atoms with van der Waals surface area (Å²) >= 11 is 0. The minimum atomic E-state index is -0.465. The fourth-order valence-electron chi connectivity index (χ4n) is 3.41. The lowest BCUT2D eigenvalue weighted by Crippen LogP contribution is -2.14. The summed E-state index contributed by atoms with van der Waals surface area (Å²) in [6.45, 7) is 3.41. The quantitative estimate of drug-likeness (QED) is 0.313. The van der Waals surface area contributed by atoms with Crippen molar-refractivity contribution in [1.29, 1.82) is 0 Å². The number of hydrogen-bond donors (Lipinski definition) is 1. The number of nitrogens with zero attached hydrogens (tertiary/aromatic N) is 3. The normalized spacial score (nSPS) is 11.2. The van der Waals surface area contributed by atoms with Gasteiger partial charge in [-0.1, -0.05) is 0 Å². The molecule has 0 saturated carbocycles. The van der Waals surface area contributed by atoms with Crippen LogP contribution in [0.5, 0.6) is 11.5 Å². The molecule has 0 spiro atoms. The van der Waals surface area contributed by atoms with Crippen molar-refractivity contribution in [1.82, 2.24) is 9.47 Å². The molecule has 0 fully saturated rings. The molecule has 0 atom stereocenters. The third-order valence-corrected chi connectivity index (χ3v) is 4.42. The lowest BCUT2D eigenvalue weighted by Gasteiger charge is -2.17. The van der Waals surface area contributed by atoms with Gasteiger partial charge in [-0.05, 0) is 57.4 Å². The van der Waals surface area contributed by atoms with E-state index in [-0.39, 0.29) is 11.4 Å². The van der Waals surface area contributed by atoms with Gasteiger partial charge in [0.05, 0.1) is 21.5 Å². The summed E-state index contributed by atoms with van der Waals surface area (Å²) in [5.41, 5.74) is 2.38. The lowest BCUT2D eigenvalue weighted by atomic mass is 10.1. The van der Waals surface area contributed by atoms with E-state index in [0.29, 0.717) is 40.1 Å². The SMILES string of the molecule is CC(=O)Oc1ccc2c([N+](=O)[O-])c(C)n(-c3ccc(O)cc3)c2c1CN(C)C. The second-order valence-electron chi connectivity index (χ2n) is 6.81. The third kappa shape index (κ3) is 3.41. The average Bonchev–Trinajstić information content (AvgIpc) is 2.89. The van der Waals surface area contributed by atoms with E-state index in [0.717, 1.165) is 0 Å². The Morgan fingerprint density at radius 3 is 2.39 bits per heavy atom. The molecule has 3 aromatic rings. The number of hydrogen-bond acceptors (Lipinski definition) is 6. The highest BCUT2D eigenvalue weighted by atomic mass is 16.6. The number of ether oxygens (including phenoxy) is 1. The Bertz CT molecular complexity index is 1070. The van der Waals surface area contributed by atoms with E-state index in [4.69, 9.17) is 4.74 Å². The maximum absolute atomic E-state index is 11.8. The van der Waals surface area contributed by atoms with Gasteiger partial charge in [-0.15, -0.1) is 0 Å². The van der Waals surface area contributed by atoms with Crippen LogP contribution in [0.15, 0.2) is 36.4 Å². The standard InChI is InChI=1S/C20H21N3O5/c1-12-19(23(26)27)16-9-10-18(28-13(2)24)17(11-21(3)4)20(16)22(12)14-5-7-15(25)8-6-14/h5-10,25H,11H2,1-4H3. The van der Waals surface area contributed by atoms with Crippen LogP contribution in [0.4, 0.5) is 5.69 Å². The predicted octanol–water partition coefficient (Wildman–Crippen LogP) is 3.54. The van der Waals surface area contributed by atoms with Crippen LogP contribution in [0.2, 0.25) is 0 Å². The van der Waals surface area contributed by atoms with Gasteiger partial charge in [0, 0.05) is 24.7 Å². The number of nitro groups is 1. The maximum Gasteiger partial charge on any atom is 0.308 e. The highest BCUT2D eigenvalue weighted by Gasteiger charge is 2.28. The fourth-order valence-corrected chi connectivity index (χ4v) is 3.41. The summed E-state index contributed by atoms with van der Waals surface area (Å²) in [6.07, 6.45) is 0. The van der Waals surface area contributed by atoms with Gasteiger partial charge in [0.25, 0.3) is 5.69 Å². The summed E-state index contributed by atoms with van der Waals surface area (Å²) in [5.74, 6) is -0.00377. The molecule has 0 bridgehead atoms. The lowest BCUT2D eigenvalue weighted by molar-refractivity contribution is -0.383. The number of phenolic OH excluding ortho intramolecular Hbond substituents is 1. The number of benzene rings is 2. The minimum Gasteiger partial charge on any atom is -0.508 e. The Morgan fingerprint density at radius 2 is 1.86 bits per heavy atom. The van der Waals surface area contributed by atoms with Crippen LogP contribution in [-0.2, 0) is 11.3 Å². The number of phenols is 1. The van der Waals surface area contributed by atoms with Crippen molar-refractivity contribution in [2.75, 3.05) is 14.1 Å². The van der Waals surface area contributed by atoms with Gasteiger partial charge in [0.2, 0.25) is 0 Å². The molecule has 1 heterocycles. The van der Waals surface area contributed by atoms with Gasteiger partial charge in [-0.25, -0.2) is 0 Å². The molecule has 0 aliphatic rings. The van der Waals surface area contributed by atoms with Crippen LogP contribution < -0.4 is 4.74 Å². The number of esters is 1. The van der Waals surface area contributed by atoms with Crippen molar-refractivity contribution in [3.63, 3.8) is 0 Å². The van der Waals surface area contributed by atoms with Crippen molar-refractivity contribution in [2.24, 2.45) is 0 Å². The van der Waals surface area contributed by atoms with Crippen LogP contribution in [0.1, 0.15) is 18.2 Å². The van der Waals surface area contributed by atoms with Gasteiger partial charge >= 0.3 is 5.97 Å². The van der Waals surface area contributed by atoms with E-state index in [2.05, 4.69) is 0 Å². The first-order valence-electron chi connectivity index (χ1n) is 8.64. The van der Waals surface area contributed by atoms with Crippen LogP contribution >= 0.6 is 0 Å². The van der Waals surface area contributed by atoms with Crippen molar-refractivity contribution in [2.45, 2.75) is 20.4 Å². The first kappa shape index (κ1) is 19.4. The smallest absolute Gasteiger partial charge is 0.308 e. The molecule has 0 radical (unpaired) electrons. The number of aromatic nitrogens is 1. The molecule has 0 aliphatic carbocycles. The first-order chi connectivity index (χ1) is 13.2. The van der Waals surface area contributed by atoms with Crippen molar-refractivity contribution in [3.05, 3.63) is 57.8 Å². The number of rotatable bonds is 5. The molecule has 28 heavy (non-hydrogen) atoms. The van der Waals surface area contributed by atoms with Crippen LogP contribution in [0, 0.1) is 17.0 Å². The Kier molecular flexibility index (Phi) is 5.06. The number of carbonyl (C=O) groups excluding carboxylic acids is 1. The van der Waals surface area contributed by atoms with Gasteiger partial charge in [0.1, 0.15) is 11.5 Å². The zero-order valence-electron chi connectivity index (χ0n) is 16.1. The highest BCUT2D eigenvalue weighted by Crippen LogP contribution is 2.40. The average molecular weight is 383 g/mol. The Hall–Kier alpha value is -3.39. The summed E-state index contributed by atoms with van der Waals surface area (Å²) in [7, 11) is 3.73. The second kappa shape index (κ2) is 7.32. The van der Waals surface area contributed by atoms with E-state index in [1.807, 2.05) is 19.0 Å². The van der Waals surface area contributed by atoms with E-state index >= 15 is 0 Å². The van der Waals surface area contributed by atoms with Gasteiger partial charge in [-0.2, -0.15) is 0 Å². The highest BCUT2D eigenvalue weighted by molar-refractivity contribution is 5.97. The molecule has 0 amide bonds. The van der Waals surface area contributed by atoms with Crippen LogP contribution in [0.3, 0.4) is 0 Å². The third-order valence-electron chi connectivity index (χ3n) is 4.42. The maximum atomic E-state index is 11.8. The van der Waals surface area contributed by atoms with E-state index < -0.39 is 10.9 Å². The molecule has 3 rings (SSSR count). The van der Waals surface area contributed by atoms with Crippen LogP contribution in [0.25, 0.3) is 16.6 Å². The fraction of sp³-hybridized carbons (Fsp3) is 0.250. The number of fused-ring (bicyclic) bond motifs is 1. The topological polar surface area (TPSA) is 97.8 Å². The summed E-state index contributed by atoms with van der Waals surface area (Å²) in [4.78, 5) is 24.9. The molecule has 8 heteroatoms. The molecule has 0 unspecified atom stereocenters. The van der Waals surface area contributed by atoms with Gasteiger partial charge in [-0.3, -0.25) is 14.9 Å². The largest absolute Gasteiger partial charge is 0.508 e. The van der Waals surface area contributed by atoms with Crippen molar-refractivity contribution >= 4 is 22.6 Å². The minimum absolute atomic E-state index is 0.00236. The van der Waals surface area contributed by atoms with Gasteiger partial charge in [0.15, 0.2) is 0 Å². The molecule has 2 aromatic carbocycles. The molecule has 0 saturated heterocycles. The molecular formula is C20H21N3O5. The van der Waals surface area contributed by atoms with E-state index in [1.165, 1.54) is 19.1 Å². The summed E-state index contributed by atoms with van der Waals surface area (Å²) in [6, 6.07) is 9.61. The summed E-state index contributed by atoms with van der Waals surface area (Å²) < 4.78 is 7.15. The zero-order valence-corrected chi connectivity index (χ0v) is 16.1. The first-order valence-corrected chi connectivity index (χ1v) is 8.64. The van der Waals surface area contributed by atoms with Gasteiger partial charge < -0.3 is 19.3 Å². The van der Waals surface area contributed by atoms with Crippen molar-refractivity contribution < 1.29 is 19.6 Å². The molecular weight excluding hydrogens is 362 g/mol. The number of aromatic hydroxyl groups is 1. The Balaban J connectivity index is 2.45. The summed E-state index contributed by atoms with van der Waals surface area (Å²) in [5, 5.41) is 21.9. The molecule has 0 aliphatic heterocycles. The molecule has 1 aromatic heterocycles. The molecule has 146 valence electrons. The van der Waals surface area contributed by atoms with Crippen LogP contribution in [-0.4, -0.2) is 39.6 Å². The molecule has 8 nitrogen and oxygen atoms in total. The van der Waals surface area contributed by atoms with E-state index in [9.17, 15) is 20.0 Å². The Morgan fingerprint density at radius 1 is 1.21 bits per heavy atom. The Labute approximate surface area is 161 Å². The number of carbonyl (C=O) groups is 1. The predicted molar refractivity (Wildman–Crippen MR) is 105 cm³/mol. The monoisotopic (exact) mass is 383 g/mol. The zero-order chi connectivity index (χ0) is 20.6. The molecule has 1 N–H and O–H groups in total. The van der Waals surface area contributed by atoms with E-state index in [1.54, 1.807) is 35.8 Å². The van der Waals surface area contributed by atoms with Crippen molar-refractivity contribution in [3.8, 4) is 17.2 Å².